The number of carboxylic acid groups (broad SMARTS) is 1. The zero-order chi connectivity index (χ0) is 13.1. The lowest BCUT2D eigenvalue weighted by Gasteiger charge is -2.26. The van der Waals surface area contributed by atoms with Crippen LogP contribution in [0.1, 0.15) is 30.9 Å². The van der Waals surface area contributed by atoms with Crippen LogP contribution in [0.3, 0.4) is 0 Å². The minimum atomic E-state index is -0.744. The van der Waals surface area contributed by atoms with Crippen molar-refractivity contribution in [3.8, 4) is 0 Å². The molecule has 1 aromatic rings. The number of hydrogen-bond donors (Lipinski definition) is 1. The minimum absolute atomic E-state index is 0.0191. The Kier molecular flexibility index (Phi) is 4.81. The van der Waals surface area contributed by atoms with Crippen LogP contribution in [-0.4, -0.2) is 29.1 Å². The van der Waals surface area contributed by atoms with Gasteiger partial charge < -0.3 is 5.11 Å². The molecule has 98 valence electrons. The second-order valence-electron chi connectivity index (χ2n) is 4.53. The molecule has 1 unspecified atom stereocenters. The van der Waals surface area contributed by atoms with Gasteiger partial charge >= 0.3 is 5.97 Å². The van der Waals surface area contributed by atoms with Crippen LogP contribution >= 0.6 is 31.9 Å². The van der Waals surface area contributed by atoms with Crippen molar-refractivity contribution in [1.82, 2.24) is 4.90 Å². The molecule has 1 heterocycles. The van der Waals surface area contributed by atoms with Gasteiger partial charge in [0.2, 0.25) is 0 Å². The highest BCUT2D eigenvalue weighted by Gasteiger charge is 2.25. The fourth-order valence-electron chi connectivity index (χ4n) is 2.40. The minimum Gasteiger partial charge on any atom is -0.481 e. The third-order valence-electron chi connectivity index (χ3n) is 3.28. The van der Waals surface area contributed by atoms with Crippen LogP contribution < -0.4 is 0 Å². The Morgan fingerprint density at radius 3 is 2.50 bits per heavy atom. The fourth-order valence-corrected chi connectivity index (χ4v) is 3.04. The Balaban J connectivity index is 2.26. The lowest BCUT2D eigenvalue weighted by Crippen LogP contribution is -2.27. The van der Waals surface area contributed by atoms with E-state index in [2.05, 4.69) is 36.8 Å². The molecular weight excluding hydrogens is 362 g/mol. The number of carboxylic acids is 1. The monoisotopic (exact) mass is 375 g/mol. The number of carbonyl (C=O) groups is 1. The van der Waals surface area contributed by atoms with E-state index in [1.54, 1.807) is 0 Å². The first-order valence-electron chi connectivity index (χ1n) is 5.98. The van der Waals surface area contributed by atoms with Gasteiger partial charge in [-0.1, -0.05) is 6.07 Å². The van der Waals surface area contributed by atoms with Crippen molar-refractivity contribution in [3.63, 3.8) is 0 Å². The van der Waals surface area contributed by atoms with E-state index in [9.17, 15) is 4.79 Å². The number of aliphatic carboxylic acids is 1. The number of halogens is 2. The van der Waals surface area contributed by atoms with Gasteiger partial charge in [0.25, 0.3) is 0 Å². The van der Waals surface area contributed by atoms with Crippen molar-refractivity contribution >= 4 is 37.8 Å². The van der Waals surface area contributed by atoms with E-state index in [0.717, 1.165) is 40.4 Å². The number of likely N-dealkylation sites (tertiary alicyclic amines) is 1. The summed E-state index contributed by atoms with van der Waals surface area (Å²) in [5, 5.41) is 9.08. The average molecular weight is 377 g/mol. The largest absolute Gasteiger partial charge is 0.481 e. The maximum absolute atomic E-state index is 11.0. The molecule has 1 aromatic carbocycles. The molecule has 18 heavy (non-hydrogen) atoms. The normalized spacial score (nSPS) is 17.9. The molecule has 3 nitrogen and oxygen atoms in total. The smallest absolute Gasteiger partial charge is 0.305 e. The summed E-state index contributed by atoms with van der Waals surface area (Å²) in [4.78, 5) is 13.3. The summed E-state index contributed by atoms with van der Waals surface area (Å²) < 4.78 is 1.95. The Morgan fingerprint density at radius 2 is 1.94 bits per heavy atom. The summed E-state index contributed by atoms with van der Waals surface area (Å²) in [6.45, 7) is 1.98. The van der Waals surface area contributed by atoms with Gasteiger partial charge in [-0.3, -0.25) is 9.69 Å². The van der Waals surface area contributed by atoms with E-state index in [4.69, 9.17) is 5.11 Å². The first kappa shape index (κ1) is 14.0. The summed E-state index contributed by atoms with van der Waals surface area (Å²) in [5.74, 6) is -0.744. The van der Waals surface area contributed by atoms with Gasteiger partial charge in [0.05, 0.1) is 6.42 Å². The average Bonchev–Trinajstić information content (AvgIpc) is 2.83. The van der Waals surface area contributed by atoms with Crippen LogP contribution in [0.15, 0.2) is 27.1 Å². The molecule has 1 saturated heterocycles. The Morgan fingerprint density at radius 1 is 1.28 bits per heavy atom. The molecule has 5 heteroatoms. The second kappa shape index (κ2) is 6.17. The van der Waals surface area contributed by atoms with E-state index >= 15 is 0 Å². The molecule has 1 atom stereocenters. The van der Waals surface area contributed by atoms with E-state index in [1.807, 2.05) is 18.2 Å². The summed E-state index contributed by atoms with van der Waals surface area (Å²) in [6, 6.07) is 5.95. The lowest BCUT2D eigenvalue weighted by molar-refractivity contribution is -0.138. The van der Waals surface area contributed by atoms with Crippen molar-refractivity contribution in [2.24, 2.45) is 0 Å². The zero-order valence-corrected chi connectivity index (χ0v) is 13.1. The van der Waals surface area contributed by atoms with Gasteiger partial charge in [-0.15, -0.1) is 0 Å². The fraction of sp³-hybridized carbons (Fsp3) is 0.462. The molecule has 0 saturated carbocycles. The molecule has 1 aliphatic heterocycles. The SMILES string of the molecule is O=C(O)CC(c1ccc(Br)c(Br)c1)N1CCCC1. The van der Waals surface area contributed by atoms with Crippen molar-refractivity contribution in [1.29, 1.82) is 0 Å². The molecule has 0 amide bonds. The topological polar surface area (TPSA) is 40.5 Å². The molecule has 1 N–H and O–H groups in total. The lowest BCUT2D eigenvalue weighted by atomic mass is 10.0. The highest BCUT2D eigenvalue weighted by atomic mass is 79.9. The third-order valence-corrected chi connectivity index (χ3v) is 5.16. The number of benzene rings is 1. The molecular formula is C13H15Br2NO2. The number of rotatable bonds is 4. The van der Waals surface area contributed by atoms with E-state index in [0.29, 0.717) is 0 Å². The second-order valence-corrected chi connectivity index (χ2v) is 6.24. The number of nitrogens with zero attached hydrogens (tertiary/aromatic N) is 1. The first-order valence-corrected chi connectivity index (χ1v) is 7.57. The quantitative estimate of drug-likeness (QED) is 0.868. The van der Waals surface area contributed by atoms with Gasteiger partial charge in [0.15, 0.2) is 0 Å². The van der Waals surface area contributed by atoms with Crippen molar-refractivity contribution in [2.45, 2.75) is 25.3 Å². The van der Waals surface area contributed by atoms with Crippen LogP contribution in [0.4, 0.5) is 0 Å². The molecule has 0 aromatic heterocycles. The standard InChI is InChI=1S/C13H15Br2NO2/c14-10-4-3-9(7-11(10)15)12(8-13(17)18)16-5-1-2-6-16/h3-4,7,12H,1-2,5-6,8H2,(H,17,18). The third kappa shape index (κ3) is 3.33. The summed E-state index contributed by atoms with van der Waals surface area (Å²) in [6.07, 6.45) is 2.48. The van der Waals surface area contributed by atoms with Crippen LogP contribution in [0, 0.1) is 0 Å². The molecule has 0 bridgehead atoms. The molecule has 0 spiro atoms. The van der Waals surface area contributed by atoms with E-state index in [1.165, 1.54) is 0 Å². The Bertz CT molecular complexity index is 445. The van der Waals surface area contributed by atoms with Crippen LogP contribution in [0.5, 0.6) is 0 Å². The van der Waals surface area contributed by atoms with Crippen molar-refractivity contribution in [2.75, 3.05) is 13.1 Å². The number of hydrogen-bond acceptors (Lipinski definition) is 2. The highest BCUT2D eigenvalue weighted by molar-refractivity contribution is 9.13. The van der Waals surface area contributed by atoms with Gasteiger partial charge in [-0.05, 0) is 75.5 Å². The zero-order valence-electron chi connectivity index (χ0n) is 9.90. The summed E-state index contributed by atoms with van der Waals surface area (Å²) in [5.41, 5.74) is 1.06. The molecule has 1 fully saturated rings. The molecule has 2 rings (SSSR count). The van der Waals surface area contributed by atoms with Crippen LogP contribution in [-0.2, 0) is 4.79 Å². The van der Waals surface area contributed by atoms with Gasteiger partial charge in [0.1, 0.15) is 0 Å². The summed E-state index contributed by atoms with van der Waals surface area (Å²) >= 11 is 6.91. The van der Waals surface area contributed by atoms with Crippen molar-refractivity contribution < 1.29 is 9.90 Å². The predicted molar refractivity (Wildman–Crippen MR) is 77.6 cm³/mol. The van der Waals surface area contributed by atoms with E-state index < -0.39 is 5.97 Å². The maximum atomic E-state index is 11.0. The predicted octanol–water partition coefficient (Wildman–Crippen LogP) is 3.82. The Labute approximate surface area is 123 Å². The summed E-state index contributed by atoms with van der Waals surface area (Å²) in [7, 11) is 0. The Hall–Kier alpha value is -0.390. The molecule has 0 aliphatic carbocycles. The van der Waals surface area contributed by atoms with Gasteiger partial charge in [-0.25, -0.2) is 0 Å². The van der Waals surface area contributed by atoms with E-state index in [-0.39, 0.29) is 12.5 Å². The van der Waals surface area contributed by atoms with Crippen molar-refractivity contribution in [3.05, 3.63) is 32.7 Å². The van der Waals surface area contributed by atoms with Gasteiger partial charge in [-0.2, -0.15) is 0 Å². The maximum Gasteiger partial charge on any atom is 0.305 e. The molecule has 0 radical (unpaired) electrons. The van der Waals surface area contributed by atoms with Gasteiger partial charge in [0, 0.05) is 15.0 Å². The van der Waals surface area contributed by atoms with Crippen LogP contribution in [0.2, 0.25) is 0 Å². The highest BCUT2D eigenvalue weighted by Crippen LogP contribution is 2.32. The van der Waals surface area contributed by atoms with Crippen LogP contribution in [0.25, 0.3) is 0 Å². The molecule has 1 aliphatic rings. The first-order chi connectivity index (χ1) is 8.58.